The first kappa shape index (κ1) is 10.3. The van der Waals surface area contributed by atoms with Gasteiger partial charge < -0.3 is 5.11 Å². The van der Waals surface area contributed by atoms with Gasteiger partial charge in [-0.05, 0) is 37.8 Å². The monoisotopic (exact) mass is 205 g/mol. The number of nitrogens with zero attached hydrogens (tertiary/aromatic N) is 1. The van der Waals surface area contributed by atoms with Crippen LogP contribution in [0.2, 0.25) is 0 Å². The maximum absolute atomic E-state index is 12.0. The molecule has 1 saturated carbocycles. The van der Waals surface area contributed by atoms with Gasteiger partial charge in [0.25, 0.3) is 0 Å². The second kappa shape index (κ2) is 3.74. The lowest BCUT2D eigenvalue weighted by Gasteiger charge is -2.34. The summed E-state index contributed by atoms with van der Waals surface area (Å²) in [6, 6.07) is 3.73. The lowest BCUT2D eigenvalue weighted by Crippen LogP contribution is -2.44. The highest BCUT2D eigenvalue weighted by Crippen LogP contribution is 2.35. The van der Waals surface area contributed by atoms with E-state index in [0.29, 0.717) is 6.42 Å². The minimum absolute atomic E-state index is 0.0678. The van der Waals surface area contributed by atoms with Crippen molar-refractivity contribution in [3.05, 3.63) is 30.1 Å². The molecule has 3 nitrogen and oxygen atoms in total. The van der Waals surface area contributed by atoms with Crippen molar-refractivity contribution >= 4 is 5.78 Å². The van der Waals surface area contributed by atoms with Gasteiger partial charge in [-0.15, -0.1) is 0 Å². The van der Waals surface area contributed by atoms with Crippen molar-refractivity contribution in [3.8, 4) is 0 Å². The molecule has 0 saturated heterocycles. The van der Waals surface area contributed by atoms with Crippen LogP contribution >= 0.6 is 0 Å². The Labute approximate surface area is 89.2 Å². The molecular formula is C12H15NO2. The van der Waals surface area contributed by atoms with Crippen molar-refractivity contribution in [1.29, 1.82) is 0 Å². The Kier molecular flexibility index (Phi) is 2.57. The van der Waals surface area contributed by atoms with Gasteiger partial charge in [-0.25, -0.2) is 0 Å². The molecule has 1 N–H and O–H groups in total. The summed E-state index contributed by atoms with van der Waals surface area (Å²) in [5.74, 6) is -0.0678. The van der Waals surface area contributed by atoms with Crippen molar-refractivity contribution in [1.82, 2.24) is 4.98 Å². The standard InChI is InChI=1S/C12H15NO2/c1-12(9-4-3-7-13-8-9)6-2-5-10(14)11(12)15/h3-4,7-8,10,14H,2,5-6H2,1H3. The van der Waals surface area contributed by atoms with E-state index >= 15 is 0 Å². The molecule has 0 aliphatic heterocycles. The average Bonchev–Trinajstić information content (AvgIpc) is 2.27. The van der Waals surface area contributed by atoms with E-state index in [1.165, 1.54) is 0 Å². The van der Waals surface area contributed by atoms with E-state index in [2.05, 4.69) is 4.98 Å². The van der Waals surface area contributed by atoms with Crippen LogP contribution in [-0.2, 0) is 10.2 Å². The molecule has 0 bridgehead atoms. The second-order valence-electron chi connectivity index (χ2n) is 4.35. The summed E-state index contributed by atoms with van der Waals surface area (Å²) in [4.78, 5) is 16.0. The molecule has 3 heteroatoms. The number of Topliss-reactive ketones (excluding diaryl/α,β-unsaturated/α-hetero) is 1. The first-order chi connectivity index (χ1) is 7.14. The van der Waals surface area contributed by atoms with E-state index < -0.39 is 11.5 Å². The van der Waals surface area contributed by atoms with E-state index in [4.69, 9.17) is 0 Å². The molecule has 1 aliphatic carbocycles. The van der Waals surface area contributed by atoms with Gasteiger partial charge in [0.15, 0.2) is 5.78 Å². The van der Waals surface area contributed by atoms with E-state index in [0.717, 1.165) is 18.4 Å². The molecule has 2 rings (SSSR count). The Morgan fingerprint density at radius 3 is 3.07 bits per heavy atom. The number of pyridine rings is 1. The molecule has 0 amide bonds. The van der Waals surface area contributed by atoms with Crippen molar-refractivity contribution in [2.24, 2.45) is 0 Å². The van der Waals surface area contributed by atoms with Gasteiger partial charge in [0, 0.05) is 12.4 Å². The molecule has 2 atom stereocenters. The van der Waals surface area contributed by atoms with Crippen LogP contribution in [0, 0.1) is 0 Å². The normalized spacial score (nSPS) is 31.6. The zero-order valence-corrected chi connectivity index (χ0v) is 8.81. The number of carbonyl (C=O) groups excluding carboxylic acids is 1. The molecule has 1 aliphatic rings. The fraction of sp³-hybridized carbons (Fsp3) is 0.500. The summed E-state index contributed by atoms with van der Waals surface area (Å²) < 4.78 is 0. The fourth-order valence-corrected chi connectivity index (χ4v) is 2.25. The third kappa shape index (κ3) is 1.67. The maximum Gasteiger partial charge on any atom is 0.171 e. The van der Waals surface area contributed by atoms with Crippen molar-refractivity contribution in [2.75, 3.05) is 0 Å². The molecule has 1 aromatic heterocycles. The van der Waals surface area contributed by atoms with Gasteiger partial charge in [-0.1, -0.05) is 6.07 Å². The number of hydrogen-bond acceptors (Lipinski definition) is 3. The smallest absolute Gasteiger partial charge is 0.171 e. The number of aliphatic hydroxyl groups excluding tert-OH is 1. The van der Waals surface area contributed by atoms with Gasteiger partial charge >= 0.3 is 0 Å². The predicted molar refractivity (Wildman–Crippen MR) is 56.5 cm³/mol. The third-order valence-corrected chi connectivity index (χ3v) is 3.30. The van der Waals surface area contributed by atoms with Crippen LogP contribution in [0.3, 0.4) is 0 Å². The Balaban J connectivity index is 2.37. The van der Waals surface area contributed by atoms with Crippen LogP contribution < -0.4 is 0 Å². The molecule has 1 aromatic rings. The highest BCUT2D eigenvalue weighted by molar-refractivity contribution is 5.93. The topological polar surface area (TPSA) is 50.2 Å². The maximum atomic E-state index is 12.0. The minimum Gasteiger partial charge on any atom is -0.385 e. The molecule has 0 radical (unpaired) electrons. The molecule has 2 unspecified atom stereocenters. The number of hydrogen-bond donors (Lipinski definition) is 1. The first-order valence-corrected chi connectivity index (χ1v) is 5.27. The fourth-order valence-electron chi connectivity index (χ4n) is 2.25. The number of aromatic nitrogens is 1. The van der Waals surface area contributed by atoms with E-state index in [1.807, 2.05) is 19.1 Å². The summed E-state index contributed by atoms with van der Waals surface area (Å²) in [5.41, 5.74) is 0.361. The van der Waals surface area contributed by atoms with Crippen LogP contribution in [0.5, 0.6) is 0 Å². The Morgan fingerprint density at radius 1 is 1.60 bits per heavy atom. The van der Waals surface area contributed by atoms with E-state index in [1.54, 1.807) is 12.4 Å². The van der Waals surface area contributed by atoms with Crippen molar-refractivity contribution in [3.63, 3.8) is 0 Å². The first-order valence-electron chi connectivity index (χ1n) is 5.27. The second-order valence-corrected chi connectivity index (χ2v) is 4.35. The Bertz CT molecular complexity index is 363. The van der Waals surface area contributed by atoms with Crippen molar-refractivity contribution < 1.29 is 9.90 Å². The van der Waals surface area contributed by atoms with Gasteiger partial charge in [-0.3, -0.25) is 9.78 Å². The third-order valence-electron chi connectivity index (χ3n) is 3.30. The lowest BCUT2D eigenvalue weighted by molar-refractivity contribution is -0.135. The molecule has 0 spiro atoms. The Hall–Kier alpha value is -1.22. The van der Waals surface area contributed by atoms with Gasteiger partial charge in [-0.2, -0.15) is 0 Å². The number of rotatable bonds is 1. The highest BCUT2D eigenvalue weighted by atomic mass is 16.3. The summed E-state index contributed by atoms with van der Waals surface area (Å²) in [5, 5.41) is 9.60. The highest BCUT2D eigenvalue weighted by Gasteiger charge is 2.41. The van der Waals surface area contributed by atoms with E-state index in [-0.39, 0.29) is 5.78 Å². The van der Waals surface area contributed by atoms with Crippen LogP contribution in [0.25, 0.3) is 0 Å². The van der Waals surface area contributed by atoms with Gasteiger partial charge in [0.1, 0.15) is 6.10 Å². The molecule has 15 heavy (non-hydrogen) atoms. The molecule has 1 fully saturated rings. The summed E-state index contributed by atoms with van der Waals surface area (Å²) in [6.07, 6.45) is 4.89. The largest absolute Gasteiger partial charge is 0.385 e. The van der Waals surface area contributed by atoms with Crippen LogP contribution in [0.15, 0.2) is 24.5 Å². The predicted octanol–water partition coefficient (Wildman–Crippen LogP) is 1.45. The molecule has 80 valence electrons. The summed E-state index contributed by atoms with van der Waals surface area (Å²) in [6.45, 7) is 1.90. The minimum atomic E-state index is -0.802. The number of ketones is 1. The lowest BCUT2D eigenvalue weighted by atomic mass is 9.69. The van der Waals surface area contributed by atoms with Crippen LogP contribution in [-0.4, -0.2) is 22.0 Å². The average molecular weight is 205 g/mol. The SMILES string of the molecule is CC1(c2cccnc2)CCCC(O)C1=O. The van der Waals surface area contributed by atoms with Crippen LogP contribution in [0.1, 0.15) is 31.7 Å². The van der Waals surface area contributed by atoms with Gasteiger partial charge in [0.2, 0.25) is 0 Å². The number of aliphatic hydroxyl groups is 1. The molecule has 0 aromatic carbocycles. The van der Waals surface area contributed by atoms with E-state index in [9.17, 15) is 9.90 Å². The van der Waals surface area contributed by atoms with Crippen LogP contribution in [0.4, 0.5) is 0 Å². The Morgan fingerprint density at radius 2 is 2.40 bits per heavy atom. The number of carbonyl (C=O) groups is 1. The van der Waals surface area contributed by atoms with Crippen molar-refractivity contribution in [2.45, 2.75) is 37.7 Å². The summed E-state index contributed by atoms with van der Waals surface area (Å²) in [7, 11) is 0. The molecule has 1 heterocycles. The quantitative estimate of drug-likeness (QED) is 0.755. The zero-order valence-electron chi connectivity index (χ0n) is 8.81. The zero-order chi connectivity index (χ0) is 10.9. The molecular weight excluding hydrogens is 190 g/mol. The van der Waals surface area contributed by atoms with Gasteiger partial charge in [0.05, 0.1) is 5.41 Å². The summed E-state index contributed by atoms with van der Waals surface area (Å²) >= 11 is 0.